The molecule has 122 valence electrons. The molecule has 0 atom stereocenters. The molecule has 16 heteroatoms. The van der Waals surface area contributed by atoms with Gasteiger partial charge in [-0.25, -0.2) is 0 Å². The highest BCUT2D eigenvalue weighted by molar-refractivity contribution is 5.52. The quantitative estimate of drug-likeness (QED) is 0.538. The first-order valence-electron chi connectivity index (χ1n) is 5.55. The predicted molar refractivity (Wildman–Crippen MR) is 69.7 cm³/mol. The third-order valence-corrected chi connectivity index (χ3v) is 2.35. The second kappa shape index (κ2) is 5.87. The molecule has 0 N–H and O–H groups in total. The van der Waals surface area contributed by atoms with Crippen LogP contribution < -0.4 is 0 Å². The normalized spacial score (nSPS) is 10.2. The minimum atomic E-state index is -1.08. The third-order valence-electron chi connectivity index (χ3n) is 2.35. The fourth-order valence-corrected chi connectivity index (χ4v) is 1.42. The predicted octanol–water partition coefficient (Wildman–Crippen LogP) is 0.566. The van der Waals surface area contributed by atoms with Crippen LogP contribution in [0.2, 0.25) is 0 Å². The summed E-state index contributed by atoms with van der Waals surface area (Å²) in [6.45, 7) is 0. The van der Waals surface area contributed by atoms with Crippen LogP contribution in [0.3, 0.4) is 0 Å². The summed E-state index contributed by atoms with van der Waals surface area (Å²) in [4.78, 5) is 51.9. The maximum Gasteiger partial charge on any atom is 0.472 e. The first kappa shape index (κ1) is 16.1. The van der Waals surface area contributed by atoms with Crippen molar-refractivity contribution in [2.24, 2.45) is 0 Å². The number of rotatable bonds is 5. The monoisotopic (exact) mass is 338 g/mol. The van der Waals surface area contributed by atoms with Crippen LogP contribution in [0.15, 0.2) is 12.1 Å². The lowest BCUT2D eigenvalue weighted by Crippen LogP contribution is -2.06. The number of hydrogen-bond acceptors (Lipinski definition) is 12. The second-order valence-electron chi connectivity index (χ2n) is 3.84. The smallest absolute Gasteiger partial charge is 0.358 e. The van der Waals surface area contributed by atoms with Gasteiger partial charge in [-0.15, -0.1) is 0 Å². The van der Waals surface area contributed by atoms with Crippen molar-refractivity contribution in [3.63, 3.8) is 0 Å². The van der Waals surface area contributed by atoms with Gasteiger partial charge in [0.1, 0.15) is 12.1 Å². The SMILES string of the molecule is O=[N+]([O-])c1cc([N+](=O)[O-])nc(-c2nc([N+](=O)[O-])cc([N+](=O)[O-])n2)n1. The van der Waals surface area contributed by atoms with Crippen molar-refractivity contribution in [2.45, 2.75) is 0 Å². The molecular formula is C8H2N8O8. The molecule has 0 aliphatic rings. The van der Waals surface area contributed by atoms with Crippen molar-refractivity contribution < 1.29 is 19.7 Å². The van der Waals surface area contributed by atoms with E-state index in [-0.39, 0.29) is 0 Å². The summed E-state index contributed by atoms with van der Waals surface area (Å²) in [6, 6.07) is 0.879. The average Bonchev–Trinajstić information content (AvgIpc) is 2.53. The molecule has 24 heavy (non-hydrogen) atoms. The van der Waals surface area contributed by atoms with Gasteiger partial charge in [-0.1, -0.05) is 0 Å². The fourth-order valence-electron chi connectivity index (χ4n) is 1.42. The third kappa shape index (κ3) is 3.16. The van der Waals surface area contributed by atoms with E-state index in [0.29, 0.717) is 12.1 Å². The maximum absolute atomic E-state index is 10.7. The highest BCUT2D eigenvalue weighted by atomic mass is 16.6. The van der Waals surface area contributed by atoms with E-state index in [1.165, 1.54) is 0 Å². The lowest BCUT2D eigenvalue weighted by Gasteiger charge is -1.94. The Kier molecular flexibility index (Phi) is 3.94. The van der Waals surface area contributed by atoms with E-state index in [1.807, 2.05) is 0 Å². The highest BCUT2D eigenvalue weighted by Gasteiger charge is 2.36. The van der Waals surface area contributed by atoms with Crippen LogP contribution in [-0.2, 0) is 0 Å². The maximum atomic E-state index is 10.7. The molecule has 2 rings (SSSR count). The van der Waals surface area contributed by atoms with Crippen molar-refractivity contribution in [1.82, 2.24) is 19.9 Å². The number of nitro groups is 4. The Morgan fingerprint density at radius 1 is 0.542 bits per heavy atom. The summed E-state index contributed by atoms with van der Waals surface area (Å²) in [5.41, 5.74) is 0. The molecule has 0 saturated carbocycles. The standard InChI is InChI=1S/C8H2N8O8/c17-13(18)3-1-4(14(19)20)10-7(9-3)8-11-5(15(21)22)2-6(12-8)16(23)24/h1-2H. The Hall–Kier alpha value is -4.24. The molecule has 2 heterocycles. The molecule has 0 spiro atoms. The molecule has 0 unspecified atom stereocenters. The molecule has 0 aromatic carbocycles. The summed E-state index contributed by atoms with van der Waals surface area (Å²) in [6.07, 6.45) is 0. The number of nitrogens with zero attached hydrogens (tertiary/aromatic N) is 8. The molecule has 0 aliphatic heterocycles. The first-order valence-corrected chi connectivity index (χ1v) is 5.55. The molecule has 0 saturated heterocycles. The van der Waals surface area contributed by atoms with Crippen molar-refractivity contribution >= 4 is 23.3 Å². The zero-order chi connectivity index (χ0) is 18.0. The van der Waals surface area contributed by atoms with E-state index >= 15 is 0 Å². The first-order chi connectivity index (χ1) is 11.2. The summed E-state index contributed by atoms with van der Waals surface area (Å²) in [5, 5.41) is 43.0. The van der Waals surface area contributed by atoms with Gasteiger partial charge in [-0.05, 0) is 19.7 Å². The van der Waals surface area contributed by atoms with Crippen LogP contribution in [-0.4, -0.2) is 39.6 Å². The van der Waals surface area contributed by atoms with E-state index in [9.17, 15) is 40.5 Å². The average molecular weight is 338 g/mol. The fraction of sp³-hybridized carbons (Fsp3) is 0. The molecule has 0 amide bonds. The van der Waals surface area contributed by atoms with Crippen LogP contribution in [0.1, 0.15) is 0 Å². The zero-order valence-corrected chi connectivity index (χ0v) is 11.0. The topological polar surface area (TPSA) is 224 Å². The Labute approximate surface area is 128 Å². The van der Waals surface area contributed by atoms with Crippen LogP contribution in [0.4, 0.5) is 23.3 Å². The van der Waals surface area contributed by atoms with Gasteiger partial charge < -0.3 is 40.5 Å². The van der Waals surface area contributed by atoms with Crippen molar-refractivity contribution in [1.29, 1.82) is 0 Å². The summed E-state index contributed by atoms with van der Waals surface area (Å²) in [7, 11) is 0. The van der Waals surface area contributed by atoms with E-state index in [0.717, 1.165) is 0 Å². The van der Waals surface area contributed by atoms with E-state index in [4.69, 9.17) is 0 Å². The van der Waals surface area contributed by atoms with E-state index in [1.54, 1.807) is 0 Å². The Morgan fingerprint density at radius 3 is 0.917 bits per heavy atom. The number of aromatic nitrogens is 4. The number of hydrogen-bond donors (Lipinski definition) is 0. The van der Waals surface area contributed by atoms with Gasteiger partial charge >= 0.3 is 34.9 Å². The molecule has 2 aromatic heterocycles. The highest BCUT2D eigenvalue weighted by Crippen LogP contribution is 2.24. The van der Waals surface area contributed by atoms with Gasteiger partial charge in [0, 0.05) is 19.9 Å². The summed E-state index contributed by atoms with van der Waals surface area (Å²) < 4.78 is 0. The minimum Gasteiger partial charge on any atom is -0.358 e. The van der Waals surface area contributed by atoms with Gasteiger partial charge in [0.15, 0.2) is 0 Å². The Bertz CT molecular complexity index is 760. The van der Waals surface area contributed by atoms with Gasteiger partial charge in [0.2, 0.25) is 0 Å². The lowest BCUT2D eigenvalue weighted by atomic mass is 10.4. The molecule has 0 radical (unpaired) electrons. The van der Waals surface area contributed by atoms with E-state index in [2.05, 4.69) is 19.9 Å². The summed E-state index contributed by atoms with van der Waals surface area (Å²) in [5.74, 6) is -5.73. The van der Waals surface area contributed by atoms with Gasteiger partial charge in [0.25, 0.3) is 0 Å². The van der Waals surface area contributed by atoms with Crippen LogP contribution in [0.5, 0.6) is 0 Å². The Morgan fingerprint density at radius 2 is 0.750 bits per heavy atom. The van der Waals surface area contributed by atoms with Crippen molar-refractivity contribution in [2.75, 3.05) is 0 Å². The second-order valence-corrected chi connectivity index (χ2v) is 3.84. The molecular weight excluding hydrogens is 336 g/mol. The zero-order valence-electron chi connectivity index (χ0n) is 11.0. The van der Waals surface area contributed by atoms with E-state index < -0.39 is 54.6 Å². The van der Waals surface area contributed by atoms with Crippen molar-refractivity contribution in [3.8, 4) is 11.6 Å². The summed E-state index contributed by atoms with van der Waals surface area (Å²) >= 11 is 0. The van der Waals surface area contributed by atoms with Gasteiger partial charge in [0.05, 0.1) is 0 Å². The van der Waals surface area contributed by atoms with Gasteiger partial charge in [-0.3, -0.25) is 0 Å². The molecule has 16 nitrogen and oxygen atoms in total. The lowest BCUT2D eigenvalue weighted by molar-refractivity contribution is -0.400. The Balaban J connectivity index is 2.74. The van der Waals surface area contributed by atoms with Crippen LogP contribution >= 0.6 is 0 Å². The largest absolute Gasteiger partial charge is 0.472 e. The van der Waals surface area contributed by atoms with Gasteiger partial charge in [-0.2, -0.15) is 0 Å². The van der Waals surface area contributed by atoms with Crippen LogP contribution in [0.25, 0.3) is 11.6 Å². The van der Waals surface area contributed by atoms with Crippen LogP contribution in [0, 0.1) is 40.5 Å². The molecule has 0 fully saturated rings. The minimum absolute atomic E-state index is 0.440. The van der Waals surface area contributed by atoms with Crippen molar-refractivity contribution in [3.05, 3.63) is 52.6 Å². The molecule has 0 aliphatic carbocycles. The molecule has 2 aromatic rings. The molecule has 0 bridgehead atoms.